The lowest BCUT2D eigenvalue weighted by Crippen LogP contribution is -2.07. The molecule has 20 heavy (non-hydrogen) atoms. The molecular weight excluding hydrogens is 286 g/mol. The van der Waals surface area contributed by atoms with Crippen LogP contribution in [0.15, 0.2) is 9.78 Å². The summed E-state index contributed by atoms with van der Waals surface area (Å²) in [6.07, 6.45) is 6.21. The Morgan fingerprint density at radius 3 is 2.65 bits per heavy atom. The van der Waals surface area contributed by atoms with Crippen LogP contribution in [0.1, 0.15) is 49.1 Å². The number of fused-ring (bicyclic) bond motifs is 1. The minimum atomic E-state index is 0.431. The molecule has 0 spiro atoms. The lowest BCUT2D eigenvalue weighted by atomic mass is 9.85. The standard InChI is InChI=1S/C16H21NOS2/c1-5-12-14-10(3)9(2)6-11(8-18)13(7-17)15(14)20-16(12)19-4/h7-10,17H,5-6H2,1-4H3. The van der Waals surface area contributed by atoms with Gasteiger partial charge < -0.3 is 5.41 Å². The summed E-state index contributed by atoms with van der Waals surface area (Å²) in [6, 6.07) is 0. The molecule has 0 radical (unpaired) electrons. The fourth-order valence-electron chi connectivity index (χ4n) is 2.97. The second kappa shape index (κ2) is 6.27. The van der Waals surface area contributed by atoms with Gasteiger partial charge in [0.1, 0.15) is 6.29 Å². The van der Waals surface area contributed by atoms with Crippen LogP contribution in [0.4, 0.5) is 0 Å². The molecule has 1 aromatic heterocycles. The SMILES string of the molecule is CCc1c(SC)sc2c1C(C)C(C)CC(C=O)=C2C=N. The van der Waals surface area contributed by atoms with Crippen molar-refractivity contribution >= 4 is 41.2 Å². The number of thiophene rings is 1. The highest BCUT2D eigenvalue weighted by Crippen LogP contribution is 2.47. The monoisotopic (exact) mass is 307 g/mol. The minimum Gasteiger partial charge on any atom is -0.308 e. The maximum Gasteiger partial charge on any atom is 0.146 e. The molecule has 1 aliphatic carbocycles. The molecule has 0 aliphatic heterocycles. The van der Waals surface area contributed by atoms with Crippen LogP contribution in [-0.4, -0.2) is 18.8 Å². The van der Waals surface area contributed by atoms with Gasteiger partial charge in [-0.3, -0.25) is 4.79 Å². The molecule has 2 nitrogen and oxygen atoms in total. The number of hydrogen-bond donors (Lipinski definition) is 1. The second-order valence-corrected chi connectivity index (χ2v) is 7.44. The van der Waals surface area contributed by atoms with E-state index in [1.807, 2.05) is 0 Å². The number of thioether (sulfide) groups is 1. The summed E-state index contributed by atoms with van der Waals surface area (Å²) in [5.41, 5.74) is 4.42. The van der Waals surface area contributed by atoms with Crippen molar-refractivity contribution in [2.75, 3.05) is 6.26 Å². The van der Waals surface area contributed by atoms with Crippen molar-refractivity contribution in [1.29, 1.82) is 5.41 Å². The molecule has 1 heterocycles. The third-order valence-electron chi connectivity index (χ3n) is 4.28. The van der Waals surface area contributed by atoms with Crippen LogP contribution in [0, 0.1) is 11.3 Å². The summed E-state index contributed by atoms with van der Waals surface area (Å²) >= 11 is 3.53. The molecular formula is C16H21NOS2. The van der Waals surface area contributed by atoms with Gasteiger partial charge in [0.15, 0.2) is 0 Å². The van der Waals surface area contributed by atoms with Crippen molar-refractivity contribution in [2.24, 2.45) is 5.92 Å². The number of hydrogen-bond acceptors (Lipinski definition) is 4. The maximum atomic E-state index is 11.4. The topological polar surface area (TPSA) is 40.9 Å². The van der Waals surface area contributed by atoms with E-state index in [9.17, 15) is 4.79 Å². The van der Waals surface area contributed by atoms with Crippen LogP contribution >= 0.6 is 23.1 Å². The lowest BCUT2D eigenvalue weighted by molar-refractivity contribution is -0.105. The maximum absolute atomic E-state index is 11.4. The summed E-state index contributed by atoms with van der Waals surface area (Å²) < 4.78 is 1.34. The van der Waals surface area contributed by atoms with E-state index in [1.54, 1.807) is 23.1 Å². The van der Waals surface area contributed by atoms with Gasteiger partial charge in [-0.05, 0) is 42.1 Å². The fourth-order valence-corrected chi connectivity index (χ4v) is 5.34. The van der Waals surface area contributed by atoms with E-state index >= 15 is 0 Å². The zero-order valence-electron chi connectivity index (χ0n) is 12.4. The van der Waals surface area contributed by atoms with Crippen molar-refractivity contribution < 1.29 is 4.79 Å². The summed E-state index contributed by atoms with van der Waals surface area (Å²) in [5, 5.41) is 7.74. The molecule has 0 saturated heterocycles. The van der Waals surface area contributed by atoms with Gasteiger partial charge in [0.05, 0.1) is 4.21 Å². The number of carbonyl (C=O) groups is 1. The minimum absolute atomic E-state index is 0.431. The Morgan fingerprint density at radius 2 is 2.15 bits per heavy atom. The third-order valence-corrected chi connectivity index (χ3v) is 6.72. The van der Waals surface area contributed by atoms with E-state index in [4.69, 9.17) is 5.41 Å². The van der Waals surface area contributed by atoms with Gasteiger partial charge >= 0.3 is 0 Å². The molecule has 0 amide bonds. The average molecular weight is 307 g/mol. The Bertz CT molecular complexity index is 571. The highest BCUT2D eigenvalue weighted by atomic mass is 32.2. The Hall–Kier alpha value is -0.870. The van der Waals surface area contributed by atoms with E-state index in [2.05, 4.69) is 27.0 Å². The number of nitrogens with one attached hydrogen (secondary N) is 1. The lowest BCUT2D eigenvalue weighted by Gasteiger charge is -2.19. The zero-order chi connectivity index (χ0) is 14.9. The molecule has 2 unspecified atom stereocenters. The first-order valence-corrected chi connectivity index (χ1v) is 9.01. The van der Waals surface area contributed by atoms with E-state index < -0.39 is 0 Å². The van der Waals surface area contributed by atoms with E-state index in [0.29, 0.717) is 11.8 Å². The third kappa shape index (κ3) is 2.40. The van der Waals surface area contributed by atoms with Crippen LogP contribution in [0.25, 0.3) is 5.57 Å². The van der Waals surface area contributed by atoms with Gasteiger partial charge in [0.25, 0.3) is 0 Å². The quantitative estimate of drug-likeness (QED) is 0.494. The van der Waals surface area contributed by atoms with Gasteiger partial charge in [-0.15, -0.1) is 23.1 Å². The normalized spacial score (nSPS) is 22.4. The Morgan fingerprint density at radius 1 is 1.45 bits per heavy atom. The molecule has 4 heteroatoms. The van der Waals surface area contributed by atoms with Gasteiger partial charge in [-0.1, -0.05) is 20.8 Å². The number of aldehydes is 1. The first-order chi connectivity index (χ1) is 9.58. The number of allylic oxidation sites excluding steroid dienone is 2. The molecule has 1 aromatic rings. The van der Waals surface area contributed by atoms with Gasteiger partial charge in [-0.2, -0.15) is 0 Å². The Labute approximate surface area is 129 Å². The molecule has 108 valence electrons. The highest BCUT2D eigenvalue weighted by Gasteiger charge is 2.30. The number of carbonyl (C=O) groups excluding carboxylic acids is 1. The first kappa shape index (κ1) is 15.5. The van der Waals surface area contributed by atoms with Crippen LogP contribution in [0.5, 0.6) is 0 Å². The zero-order valence-corrected chi connectivity index (χ0v) is 14.1. The van der Waals surface area contributed by atoms with Gasteiger partial charge in [0, 0.05) is 22.2 Å². The molecule has 2 rings (SSSR count). The van der Waals surface area contributed by atoms with Crippen molar-refractivity contribution in [3.05, 3.63) is 21.6 Å². The average Bonchev–Trinajstić information content (AvgIpc) is 2.79. The van der Waals surface area contributed by atoms with Crippen LogP contribution in [-0.2, 0) is 11.2 Å². The molecule has 0 bridgehead atoms. The van der Waals surface area contributed by atoms with E-state index in [-0.39, 0.29) is 0 Å². The number of rotatable bonds is 4. The van der Waals surface area contributed by atoms with Crippen LogP contribution in [0.3, 0.4) is 0 Å². The van der Waals surface area contributed by atoms with E-state index in [0.717, 1.165) is 35.2 Å². The summed E-state index contributed by atoms with van der Waals surface area (Å²) in [7, 11) is 0. The fraction of sp³-hybridized carbons (Fsp3) is 0.500. The van der Waals surface area contributed by atoms with Crippen molar-refractivity contribution in [3.8, 4) is 0 Å². The van der Waals surface area contributed by atoms with Crippen molar-refractivity contribution in [3.63, 3.8) is 0 Å². The largest absolute Gasteiger partial charge is 0.308 e. The first-order valence-electron chi connectivity index (χ1n) is 6.97. The Kier molecular flexibility index (Phi) is 4.86. The van der Waals surface area contributed by atoms with Crippen LogP contribution in [0.2, 0.25) is 0 Å². The predicted molar refractivity (Wildman–Crippen MR) is 89.4 cm³/mol. The van der Waals surface area contributed by atoms with Crippen molar-refractivity contribution in [1.82, 2.24) is 0 Å². The highest BCUT2D eigenvalue weighted by molar-refractivity contribution is 8.00. The smallest absolute Gasteiger partial charge is 0.146 e. The van der Waals surface area contributed by atoms with Gasteiger partial charge in [0.2, 0.25) is 0 Å². The molecule has 0 saturated carbocycles. The molecule has 1 aliphatic rings. The summed E-state index contributed by atoms with van der Waals surface area (Å²) in [5.74, 6) is 0.866. The molecule has 0 aromatic carbocycles. The van der Waals surface area contributed by atoms with Crippen LogP contribution < -0.4 is 0 Å². The molecule has 2 atom stereocenters. The second-order valence-electron chi connectivity index (χ2n) is 5.34. The van der Waals surface area contributed by atoms with E-state index in [1.165, 1.54) is 21.6 Å². The Balaban J connectivity index is 2.78. The molecule has 0 fully saturated rings. The van der Waals surface area contributed by atoms with Gasteiger partial charge in [-0.25, -0.2) is 0 Å². The molecule has 1 N–H and O–H groups in total. The van der Waals surface area contributed by atoms with Crippen molar-refractivity contribution in [2.45, 2.75) is 43.7 Å². The predicted octanol–water partition coefficient (Wildman–Crippen LogP) is 4.78. The summed E-state index contributed by atoms with van der Waals surface area (Å²) in [4.78, 5) is 12.6. The summed E-state index contributed by atoms with van der Waals surface area (Å²) in [6.45, 7) is 6.66.